The zero-order valence-electron chi connectivity index (χ0n) is 12.8. The van der Waals surface area contributed by atoms with Gasteiger partial charge in [0.1, 0.15) is 17.9 Å². The quantitative estimate of drug-likeness (QED) is 0.697. The molecule has 1 unspecified atom stereocenters. The highest BCUT2D eigenvalue weighted by atomic mass is 79.9. The Morgan fingerprint density at radius 3 is 2.92 bits per heavy atom. The van der Waals surface area contributed by atoms with Gasteiger partial charge in [0.15, 0.2) is 0 Å². The number of methoxy groups -OCH3 is 1. The fourth-order valence-electron chi connectivity index (χ4n) is 2.47. The Morgan fingerprint density at radius 2 is 2.28 bits per heavy atom. The molecule has 2 aromatic rings. The number of hydrogen-bond donors (Lipinski definition) is 1. The first-order valence-corrected chi connectivity index (χ1v) is 9.39. The van der Waals surface area contributed by atoms with E-state index in [0.717, 1.165) is 4.88 Å². The van der Waals surface area contributed by atoms with E-state index in [0.29, 0.717) is 36.4 Å². The van der Waals surface area contributed by atoms with Crippen molar-refractivity contribution in [2.24, 2.45) is 4.99 Å². The number of nitrogens with one attached hydrogen (secondary N) is 1. The molecule has 25 heavy (non-hydrogen) atoms. The lowest BCUT2D eigenvalue weighted by atomic mass is 10.0. The number of esters is 1. The molecule has 1 aromatic heterocycles. The number of halogens is 3. The number of carbonyl (C=O) groups is 1. The van der Waals surface area contributed by atoms with Crippen LogP contribution in [0.5, 0.6) is 0 Å². The van der Waals surface area contributed by atoms with Crippen LogP contribution in [0.4, 0.5) is 0 Å². The van der Waals surface area contributed by atoms with Crippen molar-refractivity contribution in [3.63, 3.8) is 0 Å². The first-order chi connectivity index (χ1) is 12.0. The predicted molar refractivity (Wildman–Crippen MR) is 103 cm³/mol. The van der Waals surface area contributed by atoms with Gasteiger partial charge in [0, 0.05) is 21.2 Å². The maximum Gasteiger partial charge on any atom is 0.330 e. The minimum Gasteiger partial charge on any atom is -0.467 e. The molecule has 2 heterocycles. The maximum absolute atomic E-state index is 11.7. The zero-order valence-corrected chi connectivity index (χ0v) is 16.7. The van der Waals surface area contributed by atoms with Gasteiger partial charge < -0.3 is 10.1 Å². The van der Waals surface area contributed by atoms with Gasteiger partial charge in [-0.15, -0.1) is 11.3 Å². The normalized spacial score (nSPS) is 16.1. The molecule has 1 aromatic carbocycles. The smallest absolute Gasteiger partial charge is 0.330 e. The van der Waals surface area contributed by atoms with Gasteiger partial charge >= 0.3 is 5.97 Å². The number of ether oxygens (including phenoxy) is 1. The Bertz CT molecular complexity index is 936. The van der Waals surface area contributed by atoms with Crippen LogP contribution in [0.15, 0.2) is 27.0 Å². The zero-order chi connectivity index (χ0) is 18.1. The van der Waals surface area contributed by atoms with Gasteiger partial charge in [0.25, 0.3) is 0 Å². The van der Waals surface area contributed by atoms with Gasteiger partial charge in [0.05, 0.1) is 27.9 Å². The Balaban J connectivity index is 2.11. The van der Waals surface area contributed by atoms with E-state index in [4.69, 9.17) is 27.9 Å². The summed E-state index contributed by atoms with van der Waals surface area (Å²) in [7, 11) is 1.33. The summed E-state index contributed by atoms with van der Waals surface area (Å²) in [5, 5.41) is 13.5. The van der Waals surface area contributed by atoms with E-state index in [2.05, 4.69) is 32.3 Å². The third-order valence-electron chi connectivity index (χ3n) is 3.62. The van der Waals surface area contributed by atoms with Crippen LogP contribution in [0.2, 0.25) is 10.0 Å². The van der Waals surface area contributed by atoms with E-state index in [-0.39, 0.29) is 12.5 Å². The lowest BCUT2D eigenvalue weighted by Gasteiger charge is -2.11. The molecule has 9 heteroatoms. The number of benzene rings is 1. The maximum atomic E-state index is 11.7. The van der Waals surface area contributed by atoms with Crippen molar-refractivity contribution in [3.8, 4) is 17.2 Å². The molecule has 5 nitrogen and oxygen atoms in total. The number of nitrogens with zero attached hydrogens (tertiary/aromatic N) is 2. The van der Waals surface area contributed by atoms with Crippen LogP contribution < -0.4 is 5.32 Å². The second-order valence-electron chi connectivity index (χ2n) is 5.10. The molecule has 0 saturated heterocycles. The van der Waals surface area contributed by atoms with E-state index in [1.165, 1.54) is 18.4 Å². The Morgan fingerprint density at radius 1 is 1.52 bits per heavy atom. The summed E-state index contributed by atoms with van der Waals surface area (Å²) >= 11 is 17.1. The second-order valence-corrected chi connectivity index (χ2v) is 8.28. The minimum atomic E-state index is -0.542. The van der Waals surface area contributed by atoms with Crippen LogP contribution in [0.1, 0.15) is 10.4 Å². The van der Waals surface area contributed by atoms with Crippen molar-refractivity contribution in [3.05, 3.63) is 42.5 Å². The second kappa shape index (κ2) is 7.34. The molecule has 1 aliphatic rings. The molecular formula is C16H10BrCl2N3O2S. The molecule has 0 spiro atoms. The third kappa shape index (κ3) is 3.40. The van der Waals surface area contributed by atoms with Gasteiger partial charge in [-0.05, 0) is 28.1 Å². The van der Waals surface area contributed by atoms with E-state index >= 15 is 0 Å². The van der Waals surface area contributed by atoms with Gasteiger partial charge in [-0.25, -0.2) is 4.79 Å². The molecule has 1 atom stereocenters. The monoisotopic (exact) mass is 457 g/mol. The van der Waals surface area contributed by atoms with Gasteiger partial charge in [-0.1, -0.05) is 29.3 Å². The van der Waals surface area contributed by atoms with Crippen molar-refractivity contribution in [2.75, 3.05) is 13.7 Å². The topological polar surface area (TPSA) is 74.5 Å². The lowest BCUT2D eigenvalue weighted by molar-refractivity contribution is -0.142. The largest absolute Gasteiger partial charge is 0.467 e. The lowest BCUT2D eigenvalue weighted by Crippen LogP contribution is -2.38. The van der Waals surface area contributed by atoms with E-state index in [9.17, 15) is 10.1 Å². The van der Waals surface area contributed by atoms with E-state index in [1.807, 2.05) is 0 Å². The molecule has 1 N–H and O–H groups in total. The Hall–Kier alpha value is -1.59. The van der Waals surface area contributed by atoms with Crippen molar-refractivity contribution in [1.82, 2.24) is 5.32 Å². The number of nitriles is 1. The van der Waals surface area contributed by atoms with Gasteiger partial charge in [0.2, 0.25) is 0 Å². The van der Waals surface area contributed by atoms with Crippen LogP contribution in [-0.2, 0) is 9.53 Å². The van der Waals surface area contributed by atoms with Crippen molar-refractivity contribution in [1.29, 1.82) is 5.26 Å². The highest BCUT2D eigenvalue weighted by Gasteiger charge is 2.30. The van der Waals surface area contributed by atoms with Crippen LogP contribution in [0.25, 0.3) is 11.1 Å². The summed E-state index contributed by atoms with van der Waals surface area (Å²) < 4.78 is 5.41. The van der Waals surface area contributed by atoms with Crippen LogP contribution in [0, 0.1) is 11.3 Å². The number of rotatable bonds is 3. The minimum absolute atomic E-state index is 0.271. The summed E-state index contributed by atoms with van der Waals surface area (Å²) in [4.78, 5) is 16.8. The molecule has 0 fully saturated rings. The van der Waals surface area contributed by atoms with E-state index in [1.54, 1.807) is 18.2 Å². The summed E-state index contributed by atoms with van der Waals surface area (Å²) in [5.74, 6) is 0.143. The SMILES string of the molecule is COC(=O)C1CN=C(c2sc(Br)c(C#N)c2-c2ccc(Cl)cc2Cl)N1. The number of aliphatic imine (C=N–C) groups is 1. The molecule has 0 saturated carbocycles. The average Bonchev–Trinajstić information content (AvgIpc) is 3.18. The van der Waals surface area contributed by atoms with Crippen LogP contribution in [-0.4, -0.2) is 31.5 Å². The predicted octanol–water partition coefficient (Wildman–Crippen LogP) is 4.25. The fourth-order valence-corrected chi connectivity index (χ4v) is 4.71. The first-order valence-electron chi connectivity index (χ1n) is 7.03. The van der Waals surface area contributed by atoms with Gasteiger partial charge in [-0.2, -0.15) is 5.26 Å². The Kier molecular flexibility index (Phi) is 5.35. The Labute approximate surface area is 166 Å². The number of thiophene rings is 1. The molecule has 1 aliphatic heterocycles. The standard InChI is InChI=1S/C16H10BrCl2N3O2S/c1-24-16(23)11-6-21-15(22-11)13-12(9(5-20)14(17)25-13)8-3-2-7(18)4-10(8)19/h2-4,11H,6H2,1H3,(H,21,22). The highest BCUT2D eigenvalue weighted by Crippen LogP contribution is 2.43. The number of hydrogen-bond acceptors (Lipinski definition) is 6. The molecule has 0 bridgehead atoms. The van der Waals surface area contributed by atoms with Crippen molar-refractivity contribution < 1.29 is 9.53 Å². The summed E-state index contributed by atoms with van der Waals surface area (Å²) in [6.07, 6.45) is 0. The summed E-state index contributed by atoms with van der Waals surface area (Å²) in [6.45, 7) is 0.271. The van der Waals surface area contributed by atoms with Crippen molar-refractivity contribution in [2.45, 2.75) is 6.04 Å². The van der Waals surface area contributed by atoms with Gasteiger partial charge in [-0.3, -0.25) is 4.99 Å². The molecule has 3 rings (SSSR count). The average molecular weight is 459 g/mol. The van der Waals surface area contributed by atoms with Crippen LogP contribution >= 0.6 is 50.5 Å². The number of carbonyl (C=O) groups excluding carboxylic acids is 1. The number of amidine groups is 1. The summed E-state index contributed by atoms with van der Waals surface area (Å²) in [6, 6.07) is 6.74. The van der Waals surface area contributed by atoms with E-state index < -0.39 is 6.04 Å². The fraction of sp³-hybridized carbons (Fsp3) is 0.188. The highest BCUT2D eigenvalue weighted by molar-refractivity contribution is 9.11. The molecule has 0 radical (unpaired) electrons. The molecule has 0 amide bonds. The third-order valence-corrected chi connectivity index (χ3v) is 6.04. The van der Waals surface area contributed by atoms with Crippen molar-refractivity contribution >= 4 is 62.3 Å². The molecule has 128 valence electrons. The van der Waals surface area contributed by atoms with Crippen LogP contribution in [0.3, 0.4) is 0 Å². The molecular weight excluding hydrogens is 449 g/mol. The molecule has 0 aliphatic carbocycles. The first kappa shape index (κ1) is 18.2. The summed E-state index contributed by atoms with van der Waals surface area (Å²) in [5.41, 5.74) is 1.78.